The molecule has 0 amide bonds. The maximum atomic E-state index is 7.84. The highest BCUT2D eigenvalue weighted by Crippen LogP contribution is 2.53. The summed E-state index contributed by atoms with van der Waals surface area (Å²) in [6, 6.07) is 0. The van der Waals surface area contributed by atoms with Crippen LogP contribution in [0.4, 0.5) is 0 Å². The summed E-state index contributed by atoms with van der Waals surface area (Å²) in [5, 5.41) is 0. The maximum absolute atomic E-state index is 7.84. The van der Waals surface area contributed by atoms with E-state index in [4.69, 9.17) is 26.6 Å². The third-order valence-electron chi connectivity index (χ3n) is 9.98. The molecule has 246 valence electrons. The number of hydrogen-bond donors (Lipinski definition) is 0. The molecule has 0 bridgehead atoms. The zero-order chi connectivity index (χ0) is 30.1. The van der Waals surface area contributed by atoms with Gasteiger partial charge in [-0.05, 0) is 56.3 Å². The van der Waals surface area contributed by atoms with Crippen molar-refractivity contribution in [1.82, 2.24) is 0 Å². The first-order chi connectivity index (χ1) is 20.2. The van der Waals surface area contributed by atoms with Crippen molar-refractivity contribution in [2.24, 2.45) is 17.8 Å². The first-order valence-corrected chi connectivity index (χ1v) is 24.3. The Balaban J connectivity index is 1.81. The predicted molar refractivity (Wildman–Crippen MR) is 178 cm³/mol. The summed E-state index contributed by atoms with van der Waals surface area (Å²) in [6.45, 7) is 15.8. The monoisotopic (exact) mass is 642 g/mol. The van der Waals surface area contributed by atoms with Crippen LogP contribution in [0.1, 0.15) is 138 Å². The highest BCUT2D eigenvalue weighted by Gasteiger charge is 2.69. The lowest BCUT2D eigenvalue weighted by Crippen LogP contribution is -2.78. The molecule has 3 saturated carbocycles. The number of hydrogen-bond acceptors (Lipinski definition) is 6. The zero-order valence-corrected chi connectivity index (χ0v) is 31.3. The van der Waals surface area contributed by atoms with E-state index >= 15 is 0 Å². The first kappa shape index (κ1) is 35.3. The molecule has 0 N–H and O–H groups in total. The van der Waals surface area contributed by atoms with Crippen LogP contribution in [0.15, 0.2) is 0 Å². The van der Waals surface area contributed by atoms with Crippen LogP contribution in [0, 0.1) is 17.8 Å². The molecule has 0 aromatic heterocycles. The van der Waals surface area contributed by atoms with E-state index in [0.29, 0.717) is 53.1 Å². The fourth-order valence-corrected chi connectivity index (χ4v) is 27.7. The smallest absolute Gasteiger partial charge is 0.350 e. The Morgan fingerprint density at radius 1 is 0.429 bits per heavy atom. The highest BCUT2D eigenvalue weighted by molar-refractivity contribution is 6.96. The van der Waals surface area contributed by atoms with E-state index in [1.54, 1.807) is 0 Å². The van der Waals surface area contributed by atoms with Gasteiger partial charge in [0.1, 0.15) is 0 Å². The van der Waals surface area contributed by atoms with Crippen molar-refractivity contribution >= 4 is 25.7 Å². The lowest BCUT2D eigenvalue weighted by molar-refractivity contribution is 0.0566. The quantitative estimate of drug-likeness (QED) is 0.166. The van der Waals surface area contributed by atoms with Crippen LogP contribution in [0.5, 0.6) is 0 Å². The molecule has 0 spiro atoms. The molecule has 3 aliphatic carbocycles. The van der Waals surface area contributed by atoms with Gasteiger partial charge in [0.25, 0.3) is 0 Å². The average Bonchev–Trinajstić information content (AvgIpc) is 2.98. The molecule has 0 aromatic rings. The molecule has 1 saturated heterocycles. The highest BCUT2D eigenvalue weighted by atomic mass is 28.5. The number of rotatable bonds is 15. The van der Waals surface area contributed by atoms with Gasteiger partial charge in [0, 0.05) is 36.4 Å². The molecule has 0 unspecified atom stereocenters. The summed E-state index contributed by atoms with van der Waals surface area (Å²) in [7, 11) is -8.48. The minimum absolute atomic E-state index is 0.475. The Morgan fingerprint density at radius 3 is 0.881 bits per heavy atom. The molecular formula is C33H66O6Si3. The summed E-state index contributed by atoms with van der Waals surface area (Å²) in [5.74, 6) is 1.48. The van der Waals surface area contributed by atoms with Crippen molar-refractivity contribution in [3.05, 3.63) is 0 Å². The van der Waals surface area contributed by atoms with Gasteiger partial charge in [0.05, 0.1) is 18.7 Å². The van der Waals surface area contributed by atoms with Gasteiger partial charge in [-0.2, -0.15) is 0 Å². The first-order valence-electron chi connectivity index (χ1n) is 18.0. The predicted octanol–water partition coefficient (Wildman–Crippen LogP) is 9.01. The third-order valence-corrected chi connectivity index (χ3v) is 25.6. The third kappa shape index (κ3) is 9.47. The van der Waals surface area contributed by atoms with Crippen molar-refractivity contribution in [3.63, 3.8) is 0 Å². The Hall–Kier alpha value is 0.411. The summed E-state index contributed by atoms with van der Waals surface area (Å²) in [5.41, 5.74) is 1.43. The average molecular weight is 643 g/mol. The van der Waals surface area contributed by atoms with Crippen molar-refractivity contribution in [3.8, 4) is 0 Å². The molecule has 1 heterocycles. The Kier molecular flexibility index (Phi) is 14.1. The largest absolute Gasteiger partial charge is 0.412 e. The van der Waals surface area contributed by atoms with E-state index in [2.05, 4.69) is 41.5 Å². The molecule has 1 aliphatic heterocycles. The molecule has 0 radical (unpaired) electrons. The van der Waals surface area contributed by atoms with Crippen LogP contribution in [-0.4, -0.2) is 64.2 Å². The second-order valence-corrected chi connectivity index (χ2v) is 26.1. The molecular weight excluding hydrogens is 577 g/mol. The van der Waals surface area contributed by atoms with E-state index < -0.39 is 25.7 Å². The van der Waals surface area contributed by atoms with E-state index in [9.17, 15) is 0 Å². The molecule has 0 atom stereocenters. The van der Waals surface area contributed by atoms with Crippen molar-refractivity contribution < 1.29 is 26.6 Å². The van der Waals surface area contributed by atoms with Gasteiger partial charge in [-0.1, -0.05) is 99.3 Å². The lowest BCUT2D eigenvalue weighted by Gasteiger charge is -2.59. The van der Waals surface area contributed by atoms with E-state index in [0.717, 1.165) is 19.8 Å². The van der Waals surface area contributed by atoms with Gasteiger partial charge in [-0.25, -0.2) is 0 Å². The lowest BCUT2D eigenvalue weighted by atomic mass is 10.0. The molecule has 4 fully saturated rings. The van der Waals surface area contributed by atoms with Gasteiger partial charge in [0.2, 0.25) is 0 Å². The Labute approximate surface area is 262 Å². The summed E-state index contributed by atoms with van der Waals surface area (Å²) < 4.78 is 43.5. The second kappa shape index (κ2) is 16.8. The minimum atomic E-state index is -2.83. The molecule has 6 nitrogen and oxygen atoms in total. The van der Waals surface area contributed by atoms with Gasteiger partial charge in [-0.15, -0.1) is 0 Å². The second-order valence-electron chi connectivity index (χ2n) is 15.5. The summed E-state index contributed by atoms with van der Waals surface area (Å²) in [4.78, 5) is 0. The molecule has 42 heavy (non-hydrogen) atoms. The van der Waals surface area contributed by atoms with Crippen LogP contribution in [0.3, 0.4) is 0 Å². The van der Waals surface area contributed by atoms with Crippen molar-refractivity contribution in [2.45, 2.75) is 154 Å². The van der Waals surface area contributed by atoms with Crippen LogP contribution >= 0.6 is 0 Å². The Morgan fingerprint density at radius 2 is 0.667 bits per heavy atom. The van der Waals surface area contributed by atoms with E-state index in [1.165, 1.54) is 96.3 Å². The van der Waals surface area contributed by atoms with Crippen LogP contribution in [0.25, 0.3) is 0 Å². The number of ether oxygens (including phenoxy) is 3. The topological polar surface area (TPSA) is 55.4 Å². The minimum Gasteiger partial charge on any atom is -0.412 e. The van der Waals surface area contributed by atoms with Gasteiger partial charge < -0.3 is 26.6 Å². The normalized spacial score (nSPS) is 32.8. The van der Waals surface area contributed by atoms with E-state index in [-0.39, 0.29) is 0 Å². The van der Waals surface area contributed by atoms with Gasteiger partial charge in [-0.3, -0.25) is 0 Å². The van der Waals surface area contributed by atoms with Crippen LogP contribution < -0.4 is 0 Å². The van der Waals surface area contributed by atoms with Crippen molar-refractivity contribution in [2.75, 3.05) is 38.5 Å². The summed E-state index contributed by atoms with van der Waals surface area (Å²) >= 11 is 0. The SMILES string of the molecule is CC(C)COC[Si]1(C2CCCCC2)O[Si](COCC(C)C)(C2CCCCC2)O[Si](COCC(C)C)(C2CCCCC2)O1. The van der Waals surface area contributed by atoms with Crippen molar-refractivity contribution in [1.29, 1.82) is 0 Å². The van der Waals surface area contributed by atoms with Gasteiger partial charge in [0.15, 0.2) is 0 Å². The zero-order valence-electron chi connectivity index (χ0n) is 28.3. The van der Waals surface area contributed by atoms with E-state index in [1.807, 2.05) is 0 Å². The molecule has 4 aliphatic rings. The molecule has 4 rings (SSSR count). The van der Waals surface area contributed by atoms with Crippen LogP contribution in [-0.2, 0) is 26.6 Å². The molecule has 0 aromatic carbocycles. The maximum Gasteiger partial charge on any atom is 0.350 e. The van der Waals surface area contributed by atoms with Crippen LogP contribution in [0.2, 0.25) is 16.6 Å². The fourth-order valence-electron chi connectivity index (χ4n) is 7.91. The van der Waals surface area contributed by atoms with Gasteiger partial charge >= 0.3 is 25.7 Å². The summed E-state index contributed by atoms with van der Waals surface area (Å²) in [6.07, 6.45) is 20.9. The fraction of sp³-hybridized carbons (Fsp3) is 1.00. The molecule has 9 heteroatoms. The standard InChI is InChI=1S/C33H66O6Si3/c1-28(2)22-34-25-40(31-16-10-7-11-17-31)37-41(26-35-23-29(3)4,32-18-12-8-13-19-32)39-42(38-40,27-36-24-30(5)6)33-20-14-9-15-21-33/h28-33H,7-27H2,1-6H3. The Bertz CT molecular complexity index is 657.